The number of amides is 1. The van der Waals surface area contributed by atoms with Crippen LogP contribution in [0.5, 0.6) is 0 Å². The molecule has 0 unspecified atom stereocenters. The second-order valence-corrected chi connectivity index (χ2v) is 9.63. The standard InChI is InChI=1S/C30H32N4O2/c1-20(2)33-14-16-34(17-15-33)26-11-8-21(9-12-26)24-10-13-28-25(18-24)19-27(30(36)32-28)22-4-6-23(7-5-22)29(35)31-3/h4-13,18-20H,14-17H2,1-3H3,(H,31,35)(H,32,36). The number of aromatic nitrogens is 1. The maximum absolute atomic E-state index is 12.8. The predicted molar refractivity (Wildman–Crippen MR) is 148 cm³/mol. The van der Waals surface area contributed by atoms with E-state index in [1.54, 1.807) is 19.2 Å². The molecule has 6 nitrogen and oxygen atoms in total. The van der Waals surface area contributed by atoms with Gasteiger partial charge in [0.2, 0.25) is 0 Å². The van der Waals surface area contributed by atoms with E-state index in [9.17, 15) is 9.59 Å². The number of H-pyrrole nitrogens is 1. The van der Waals surface area contributed by atoms with Crippen LogP contribution in [-0.2, 0) is 0 Å². The number of carbonyl (C=O) groups excluding carboxylic acids is 1. The summed E-state index contributed by atoms with van der Waals surface area (Å²) in [5, 5.41) is 3.58. The fraction of sp³-hybridized carbons (Fsp3) is 0.267. The molecule has 5 rings (SSSR count). The number of aromatic amines is 1. The molecule has 3 aromatic carbocycles. The van der Waals surface area contributed by atoms with Gasteiger partial charge in [-0.2, -0.15) is 0 Å². The van der Waals surface area contributed by atoms with Crippen LogP contribution in [0.4, 0.5) is 5.69 Å². The minimum atomic E-state index is -0.151. The number of nitrogens with zero attached hydrogens (tertiary/aromatic N) is 2. The molecule has 4 aromatic rings. The Labute approximate surface area is 211 Å². The van der Waals surface area contributed by atoms with E-state index < -0.39 is 0 Å². The number of hydrogen-bond donors (Lipinski definition) is 2. The van der Waals surface area contributed by atoms with Gasteiger partial charge in [0, 0.05) is 61.6 Å². The Morgan fingerprint density at radius 3 is 2.11 bits per heavy atom. The zero-order valence-corrected chi connectivity index (χ0v) is 21.0. The van der Waals surface area contributed by atoms with Crippen LogP contribution in [-0.4, -0.2) is 55.1 Å². The van der Waals surface area contributed by atoms with Crippen molar-refractivity contribution in [3.8, 4) is 22.3 Å². The van der Waals surface area contributed by atoms with Crippen LogP contribution in [0.15, 0.2) is 77.6 Å². The van der Waals surface area contributed by atoms with Gasteiger partial charge in [-0.1, -0.05) is 30.3 Å². The highest BCUT2D eigenvalue weighted by molar-refractivity contribution is 5.94. The van der Waals surface area contributed by atoms with Gasteiger partial charge in [-0.25, -0.2) is 0 Å². The number of fused-ring (bicyclic) bond motifs is 1. The van der Waals surface area contributed by atoms with E-state index in [4.69, 9.17) is 0 Å². The van der Waals surface area contributed by atoms with Crippen molar-refractivity contribution in [1.82, 2.24) is 15.2 Å². The minimum Gasteiger partial charge on any atom is -0.369 e. The number of hydrogen-bond acceptors (Lipinski definition) is 4. The summed E-state index contributed by atoms with van der Waals surface area (Å²) in [7, 11) is 1.60. The molecular formula is C30H32N4O2. The van der Waals surface area contributed by atoms with Crippen LogP contribution in [0.3, 0.4) is 0 Å². The molecule has 1 aliphatic heterocycles. The Balaban J connectivity index is 1.39. The first kappa shape index (κ1) is 23.8. The molecule has 0 atom stereocenters. The third-order valence-corrected chi connectivity index (χ3v) is 7.14. The lowest BCUT2D eigenvalue weighted by molar-refractivity contribution is 0.0963. The lowest BCUT2D eigenvalue weighted by Gasteiger charge is -2.38. The Hall–Kier alpha value is -3.90. The van der Waals surface area contributed by atoms with Gasteiger partial charge in [0.1, 0.15) is 0 Å². The molecule has 1 amide bonds. The first-order valence-electron chi connectivity index (χ1n) is 12.5. The smallest absolute Gasteiger partial charge is 0.256 e. The first-order valence-corrected chi connectivity index (χ1v) is 12.5. The quantitative estimate of drug-likeness (QED) is 0.433. The molecule has 0 bridgehead atoms. The van der Waals surface area contributed by atoms with Gasteiger partial charge in [0.15, 0.2) is 0 Å². The van der Waals surface area contributed by atoms with Crippen LogP contribution >= 0.6 is 0 Å². The van der Waals surface area contributed by atoms with Crippen molar-refractivity contribution in [3.05, 3.63) is 88.7 Å². The largest absolute Gasteiger partial charge is 0.369 e. The molecule has 184 valence electrons. The molecular weight excluding hydrogens is 448 g/mol. The van der Waals surface area contributed by atoms with Crippen LogP contribution < -0.4 is 15.8 Å². The van der Waals surface area contributed by atoms with Crippen molar-refractivity contribution in [2.45, 2.75) is 19.9 Å². The van der Waals surface area contributed by atoms with E-state index in [-0.39, 0.29) is 11.5 Å². The number of carbonyl (C=O) groups is 1. The summed E-state index contributed by atoms with van der Waals surface area (Å²) in [4.78, 5) is 32.6. The fourth-order valence-electron chi connectivity index (χ4n) is 4.91. The highest BCUT2D eigenvalue weighted by atomic mass is 16.1. The summed E-state index contributed by atoms with van der Waals surface area (Å²) in [5.41, 5.74) is 6.08. The van der Waals surface area contributed by atoms with Crippen molar-refractivity contribution in [1.29, 1.82) is 0 Å². The molecule has 1 aliphatic rings. The lowest BCUT2D eigenvalue weighted by atomic mass is 10.00. The molecule has 2 heterocycles. The van der Waals surface area contributed by atoms with Gasteiger partial charge in [0.25, 0.3) is 11.5 Å². The van der Waals surface area contributed by atoms with E-state index in [0.29, 0.717) is 17.2 Å². The van der Waals surface area contributed by atoms with Crippen molar-refractivity contribution < 1.29 is 4.79 Å². The Morgan fingerprint density at radius 1 is 0.833 bits per heavy atom. The molecule has 1 aromatic heterocycles. The van der Waals surface area contributed by atoms with E-state index >= 15 is 0 Å². The number of pyridine rings is 1. The fourth-order valence-corrected chi connectivity index (χ4v) is 4.91. The van der Waals surface area contributed by atoms with Gasteiger partial charge < -0.3 is 15.2 Å². The summed E-state index contributed by atoms with van der Waals surface area (Å²) < 4.78 is 0. The molecule has 1 fully saturated rings. The topological polar surface area (TPSA) is 68.4 Å². The Kier molecular flexibility index (Phi) is 6.61. The van der Waals surface area contributed by atoms with Crippen molar-refractivity contribution in [3.63, 3.8) is 0 Å². The van der Waals surface area contributed by atoms with Crippen LogP contribution in [0, 0.1) is 0 Å². The van der Waals surface area contributed by atoms with Gasteiger partial charge >= 0.3 is 0 Å². The second kappa shape index (κ2) is 9.99. The molecule has 2 N–H and O–H groups in total. The average Bonchev–Trinajstić information content (AvgIpc) is 2.92. The highest BCUT2D eigenvalue weighted by Crippen LogP contribution is 2.28. The summed E-state index contributed by atoms with van der Waals surface area (Å²) >= 11 is 0. The van der Waals surface area contributed by atoms with Crippen molar-refractivity contribution in [2.75, 3.05) is 38.1 Å². The minimum absolute atomic E-state index is 0.148. The zero-order chi connectivity index (χ0) is 25.2. The highest BCUT2D eigenvalue weighted by Gasteiger charge is 2.19. The molecule has 0 spiro atoms. The first-order chi connectivity index (χ1) is 17.4. The third kappa shape index (κ3) is 4.77. The molecule has 0 aliphatic carbocycles. The normalized spacial score (nSPS) is 14.4. The van der Waals surface area contributed by atoms with E-state index in [0.717, 1.165) is 53.8 Å². The van der Waals surface area contributed by atoms with Crippen LogP contribution in [0.25, 0.3) is 33.2 Å². The maximum Gasteiger partial charge on any atom is 0.256 e. The third-order valence-electron chi connectivity index (χ3n) is 7.14. The summed E-state index contributed by atoms with van der Waals surface area (Å²) in [5.74, 6) is -0.151. The molecule has 0 radical (unpaired) electrons. The van der Waals surface area contributed by atoms with Gasteiger partial charge in [0.05, 0.1) is 0 Å². The number of benzene rings is 3. The van der Waals surface area contributed by atoms with Gasteiger partial charge in [-0.15, -0.1) is 0 Å². The lowest BCUT2D eigenvalue weighted by Crippen LogP contribution is -2.48. The zero-order valence-electron chi connectivity index (χ0n) is 21.0. The number of nitrogens with one attached hydrogen (secondary N) is 2. The summed E-state index contributed by atoms with van der Waals surface area (Å²) in [6.45, 7) is 8.81. The second-order valence-electron chi connectivity index (χ2n) is 9.63. The molecule has 0 saturated carbocycles. The SMILES string of the molecule is CNC(=O)c1ccc(-c2cc3cc(-c4ccc(N5CCN(C(C)C)CC5)cc4)ccc3[nH]c2=O)cc1. The van der Waals surface area contributed by atoms with E-state index in [1.165, 1.54) is 5.69 Å². The van der Waals surface area contributed by atoms with Crippen molar-refractivity contribution >= 4 is 22.5 Å². The Bertz CT molecular complexity index is 1430. The Morgan fingerprint density at radius 2 is 1.47 bits per heavy atom. The predicted octanol–water partition coefficient (Wildman–Crippen LogP) is 4.75. The number of piperazine rings is 1. The van der Waals surface area contributed by atoms with Crippen LogP contribution in [0.1, 0.15) is 24.2 Å². The van der Waals surface area contributed by atoms with Crippen LogP contribution in [0.2, 0.25) is 0 Å². The molecule has 6 heteroatoms. The summed E-state index contributed by atoms with van der Waals surface area (Å²) in [6, 6.07) is 24.5. The van der Waals surface area contributed by atoms with E-state index in [2.05, 4.69) is 64.3 Å². The maximum atomic E-state index is 12.8. The van der Waals surface area contributed by atoms with E-state index in [1.807, 2.05) is 30.3 Å². The van der Waals surface area contributed by atoms with Gasteiger partial charge in [-0.05, 0) is 78.4 Å². The average molecular weight is 481 g/mol. The molecule has 1 saturated heterocycles. The van der Waals surface area contributed by atoms with Crippen molar-refractivity contribution in [2.24, 2.45) is 0 Å². The number of rotatable bonds is 5. The van der Waals surface area contributed by atoms with Gasteiger partial charge in [-0.3, -0.25) is 14.5 Å². The monoisotopic (exact) mass is 480 g/mol. The molecule has 36 heavy (non-hydrogen) atoms. The summed E-state index contributed by atoms with van der Waals surface area (Å²) in [6.07, 6.45) is 0. The number of anilines is 1.